The van der Waals surface area contributed by atoms with Crippen LogP contribution in [0, 0.1) is 0 Å². The lowest BCUT2D eigenvalue weighted by Gasteiger charge is -1.97. The number of nitrogens with zero attached hydrogens (tertiary/aromatic N) is 1. The molecule has 0 aliphatic carbocycles. The topological polar surface area (TPSA) is 40.3 Å². The Kier molecular flexibility index (Phi) is 1.96. The van der Waals surface area contributed by atoms with E-state index >= 15 is 0 Å². The van der Waals surface area contributed by atoms with E-state index in [1.54, 1.807) is 0 Å². The minimum Gasteiger partial charge on any atom is -0.294 e. The van der Waals surface area contributed by atoms with Gasteiger partial charge < -0.3 is 0 Å². The quantitative estimate of drug-likeness (QED) is 0.552. The van der Waals surface area contributed by atoms with Gasteiger partial charge in [-0.2, -0.15) is 4.31 Å². The largest absolute Gasteiger partial charge is 0.294 e. The fourth-order valence-electron chi connectivity index (χ4n) is 1.24. The minimum absolute atomic E-state index is 0.150. The molecule has 1 fully saturated rings. The van der Waals surface area contributed by atoms with Crippen LogP contribution in [-0.2, 0) is 11.3 Å². The third-order valence-electron chi connectivity index (χ3n) is 1.95. The van der Waals surface area contributed by atoms with Gasteiger partial charge in [0.2, 0.25) is 11.3 Å². The standard InChI is InChI=1S/C8H9NO2S/c10-12(11)9-6-8(9)7-4-2-1-3-5-7/h1-5,8H,6H2,(H,10,11). The van der Waals surface area contributed by atoms with Crippen LogP contribution in [0.2, 0.25) is 0 Å². The highest BCUT2D eigenvalue weighted by Crippen LogP contribution is 2.35. The van der Waals surface area contributed by atoms with Crippen LogP contribution in [0.3, 0.4) is 0 Å². The summed E-state index contributed by atoms with van der Waals surface area (Å²) >= 11 is -1.80. The van der Waals surface area contributed by atoms with Crippen LogP contribution in [0.15, 0.2) is 30.3 Å². The van der Waals surface area contributed by atoms with Crippen molar-refractivity contribution >= 4 is 11.3 Å². The van der Waals surface area contributed by atoms with Gasteiger partial charge >= 0.3 is 0 Å². The molecule has 1 saturated heterocycles. The maximum atomic E-state index is 10.6. The molecule has 12 heavy (non-hydrogen) atoms. The van der Waals surface area contributed by atoms with E-state index in [2.05, 4.69) is 0 Å². The maximum Gasteiger partial charge on any atom is 0.235 e. The molecular formula is C8H9NO2S. The summed E-state index contributed by atoms with van der Waals surface area (Å²) in [6.45, 7) is 0.688. The van der Waals surface area contributed by atoms with Crippen LogP contribution in [0.25, 0.3) is 0 Å². The zero-order chi connectivity index (χ0) is 8.55. The number of hydrogen-bond donors (Lipinski definition) is 1. The fourth-order valence-corrected chi connectivity index (χ4v) is 1.85. The van der Waals surface area contributed by atoms with Gasteiger partial charge in [0.15, 0.2) is 0 Å². The lowest BCUT2D eigenvalue weighted by Crippen LogP contribution is -2.00. The van der Waals surface area contributed by atoms with Crippen molar-refractivity contribution in [3.63, 3.8) is 0 Å². The van der Waals surface area contributed by atoms with Crippen LogP contribution in [0.4, 0.5) is 0 Å². The van der Waals surface area contributed by atoms with E-state index in [4.69, 9.17) is 4.55 Å². The Morgan fingerprint density at radius 1 is 1.42 bits per heavy atom. The molecule has 0 radical (unpaired) electrons. The first kappa shape index (κ1) is 7.91. The average molecular weight is 183 g/mol. The predicted octanol–water partition coefficient (Wildman–Crippen LogP) is 1.18. The molecule has 4 heteroatoms. The van der Waals surface area contributed by atoms with Crippen LogP contribution < -0.4 is 0 Å². The summed E-state index contributed by atoms with van der Waals surface area (Å²) in [6.07, 6.45) is 0. The van der Waals surface area contributed by atoms with Crippen LogP contribution >= 0.6 is 0 Å². The molecule has 3 unspecified atom stereocenters. The van der Waals surface area contributed by atoms with E-state index in [-0.39, 0.29) is 6.04 Å². The monoisotopic (exact) mass is 183 g/mol. The highest BCUT2D eigenvalue weighted by molar-refractivity contribution is 7.77. The Morgan fingerprint density at radius 3 is 2.58 bits per heavy atom. The van der Waals surface area contributed by atoms with E-state index in [9.17, 15) is 4.21 Å². The highest BCUT2D eigenvalue weighted by Gasteiger charge is 2.39. The van der Waals surface area contributed by atoms with Crippen LogP contribution in [0.1, 0.15) is 11.6 Å². The fraction of sp³-hybridized carbons (Fsp3) is 0.250. The summed E-state index contributed by atoms with van der Waals surface area (Å²) in [7, 11) is 0. The maximum absolute atomic E-state index is 10.6. The van der Waals surface area contributed by atoms with Crippen molar-refractivity contribution in [1.29, 1.82) is 0 Å². The van der Waals surface area contributed by atoms with E-state index in [1.807, 2.05) is 30.3 Å². The van der Waals surface area contributed by atoms with Gasteiger partial charge in [-0.05, 0) is 5.56 Å². The van der Waals surface area contributed by atoms with Gasteiger partial charge in [0.1, 0.15) is 0 Å². The summed E-state index contributed by atoms with van der Waals surface area (Å²) in [6, 6.07) is 9.90. The van der Waals surface area contributed by atoms with Gasteiger partial charge in [0.25, 0.3) is 0 Å². The van der Waals surface area contributed by atoms with Gasteiger partial charge in [-0.15, -0.1) is 0 Å². The predicted molar refractivity (Wildman–Crippen MR) is 46.7 cm³/mol. The first-order valence-electron chi connectivity index (χ1n) is 3.71. The Bertz CT molecular complexity index is 301. The summed E-state index contributed by atoms with van der Waals surface area (Å²) in [4.78, 5) is 0. The molecule has 2 rings (SSSR count). The lowest BCUT2D eigenvalue weighted by atomic mass is 10.2. The third kappa shape index (κ3) is 1.41. The normalized spacial score (nSPS) is 29.8. The van der Waals surface area contributed by atoms with Crippen LogP contribution in [-0.4, -0.2) is 19.6 Å². The molecule has 1 aliphatic heterocycles. The van der Waals surface area contributed by atoms with Crippen molar-refractivity contribution in [3.05, 3.63) is 35.9 Å². The van der Waals surface area contributed by atoms with Gasteiger partial charge in [-0.1, -0.05) is 30.3 Å². The molecule has 0 spiro atoms. The Labute approximate surface area is 73.4 Å². The molecule has 1 aromatic rings. The van der Waals surface area contributed by atoms with Crippen molar-refractivity contribution in [2.24, 2.45) is 0 Å². The SMILES string of the molecule is O=S(O)N1CC1c1ccccc1. The zero-order valence-electron chi connectivity index (χ0n) is 6.38. The molecule has 64 valence electrons. The van der Waals surface area contributed by atoms with Crippen molar-refractivity contribution in [2.75, 3.05) is 6.54 Å². The first-order valence-corrected chi connectivity index (χ1v) is 4.78. The third-order valence-corrected chi connectivity index (χ3v) is 2.76. The van der Waals surface area contributed by atoms with Crippen molar-refractivity contribution < 1.29 is 8.76 Å². The van der Waals surface area contributed by atoms with Crippen molar-refractivity contribution in [1.82, 2.24) is 4.31 Å². The lowest BCUT2D eigenvalue weighted by molar-refractivity contribution is 0.521. The van der Waals surface area contributed by atoms with Crippen molar-refractivity contribution in [3.8, 4) is 0 Å². The summed E-state index contributed by atoms with van der Waals surface area (Å²) in [5, 5.41) is 0. The van der Waals surface area contributed by atoms with Crippen molar-refractivity contribution in [2.45, 2.75) is 6.04 Å². The van der Waals surface area contributed by atoms with E-state index in [0.717, 1.165) is 5.56 Å². The smallest absolute Gasteiger partial charge is 0.235 e. The highest BCUT2D eigenvalue weighted by atomic mass is 32.2. The van der Waals surface area contributed by atoms with E-state index < -0.39 is 11.3 Å². The van der Waals surface area contributed by atoms with Gasteiger partial charge in [0, 0.05) is 6.54 Å². The molecule has 1 aromatic carbocycles. The minimum atomic E-state index is -1.80. The molecule has 0 saturated carbocycles. The second-order valence-electron chi connectivity index (χ2n) is 2.76. The van der Waals surface area contributed by atoms with Gasteiger partial charge in [-0.3, -0.25) is 4.55 Å². The van der Waals surface area contributed by atoms with E-state index in [0.29, 0.717) is 6.54 Å². The molecule has 0 aromatic heterocycles. The molecule has 3 atom stereocenters. The number of hydrogen-bond acceptors (Lipinski definition) is 1. The molecule has 0 amide bonds. The zero-order valence-corrected chi connectivity index (χ0v) is 7.20. The van der Waals surface area contributed by atoms with Gasteiger partial charge in [-0.25, -0.2) is 4.21 Å². The molecular weight excluding hydrogens is 174 g/mol. The second kappa shape index (κ2) is 2.97. The number of rotatable bonds is 2. The first-order chi connectivity index (χ1) is 5.79. The molecule has 3 nitrogen and oxygen atoms in total. The van der Waals surface area contributed by atoms with Gasteiger partial charge in [0.05, 0.1) is 6.04 Å². The molecule has 1 N–H and O–H groups in total. The Balaban J connectivity index is 2.11. The number of benzene rings is 1. The molecule has 1 aliphatic rings. The summed E-state index contributed by atoms with van der Waals surface area (Å²) in [5.74, 6) is 0. The Hall–Kier alpha value is -0.710. The second-order valence-corrected chi connectivity index (χ2v) is 3.69. The van der Waals surface area contributed by atoms with Crippen LogP contribution in [0.5, 0.6) is 0 Å². The van der Waals surface area contributed by atoms with E-state index in [1.165, 1.54) is 4.31 Å². The Morgan fingerprint density at radius 2 is 2.08 bits per heavy atom. The summed E-state index contributed by atoms with van der Waals surface area (Å²) in [5.41, 5.74) is 1.11. The molecule has 1 heterocycles. The average Bonchev–Trinajstić information content (AvgIpc) is 2.84. The summed E-state index contributed by atoms with van der Waals surface area (Å²) < 4.78 is 20.8. The molecule has 0 bridgehead atoms.